The second-order valence-electron chi connectivity index (χ2n) is 5.81. The molecule has 27 heavy (non-hydrogen) atoms. The van der Waals surface area contributed by atoms with Gasteiger partial charge in [-0.1, -0.05) is 6.92 Å². The normalized spacial score (nSPS) is 11.0. The maximum absolute atomic E-state index is 13.6. The van der Waals surface area contributed by atoms with Gasteiger partial charge in [-0.25, -0.2) is 13.2 Å². The van der Waals surface area contributed by atoms with Gasteiger partial charge in [-0.2, -0.15) is 0 Å². The predicted octanol–water partition coefficient (Wildman–Crippen LogP) is 3.90. The highest BCUT2D eigenvalue weighted by atomic mass is 19.2. The topological polar surface area (TPSA) is 62.6 Å². The molecule has 1 heterocycles. The van der Waals surface area contributed by atoms with E-state index >= 15 is 0 Å². The Balaban J connectivity index is 2.04. The number of furan rings is 1. The Kier molecular flexibility index (Phi) is 6.81. The smallest absolute Gasteiger partial charge is 0.247 e. The predicted molar refractivity (Wildman–Crippen MR) is 94.3 cm³/mol. The van der Waals surface area contributed by atoms with Gasteiger partial charge in [-0.15, -0.1) is 0 Å². The van der Waals surface area contributed by atoms with Crippen molar-refractivity contribution in [2.45, 2.75) is 20.3 Å². The SMILES string of the molecule is CCCN(CC(=O)Nc1ccc(F)c(F)c1F)C(=O)/C=C/c1ccc(C)o1. The summed E-state index contributed by atoms with van der Waals surface area (Å²) in [5.41, 5.74) is -0.496. The monoisotopic (exact) mass is 380 g/mol. The van der Waals surface area contributed by atoms with Crippen LogP contribution in [0.1, 0.15) is 24.9 Å². The lowest BCUT2D eigenvalue weighted by molar-refractivity contribution is -0.130. The van der Waals surface area contributed by atoms with Crippen molar-refractivity contribution in [3.63, 3.8) is 0 Å². The average Bonchev–Trinajstić information content (AvgIpc) is 3.05. The molecule has 1 aromatic heterocycles. The molecule has 0 radical (unpaired) electrons. The standard InChI is InChI=1S/C19H19F3N2O3/c1-3-10-24(17(26)9-6-13-5-4-12(2)27-13)11-16(25)23-15-8-7-14(20)18(21)19(15)22/h4-9H,3,10-11H2,1-2H3,(H,23,25)/b9-6+. The van der Waals surface area contributed by atoms with Crippen molar-refractivity contribution in [2.75, 3.05) is 18.4 Å². The van der Waals surface area contributed by atoms with Gasteiger partial charge in [0.15, 0.2) is 17.5 Å². The number of anilines is 1. The molecule has 2 aromatic rings. The Morgan fingerprint density at radius 1 is 1.15 bits per heavy atom. The van der Waals surface area contributed by atoms with Crippen LogP contribution in [0.5, 0.6) is 0 Å². The third-order valence-corrected chi connectivity index (χ3v) is 3.60. The summed E-state index contributed by atoms with van der Waals surface area (Å²) in [6, 6.07) is 5.06. The molecule has 0 unspecified atom stereocenters. The molecule has 0 atom stereocenters. The summed E-state index contributed by atoms with van der Waals surface area (Å²) in [7, 11) is 0. The van der Waals surface area contributed by atoms with Crippen LogP contribution in [-0.2, 0) is 9.59 Å². The summed E-state index contributed by atoms with van der Waals surface area (Å²) in [6.45, 7) is 3.51. The van der Waals surface area contributed by atoms with Crippen LogP contribution in [0, 0.1) is 24.4 Å². The fourth-order valence-corrected chi connectivity index (χ4v) is 2.32. The van der Waals surface area contributed by atoms with Crippen molar-refractivity contribution in [3.8, 4) is 0 Å². The average molecular weight is 380 g/mol. The summed E-state index contributed by atoms with van der Waals surface area (Å²) in [4.78, 5) is 25.6. The van der Waals surface area contributed by atoms with E-state index in [0.29, 0.717) is 24.0 Å². The first kappa shape index (κ1) is 20.3. The van der Waals surface area contributed by atoms with Crippen LogP contribution in [0.4, 0.5) is 18.9 Å². The lowest BCUT2D eigenvalue weighted by Crippen LogP contribution is -2.37. The molecule has 8 heteroatoms. The zero-order valence-electron chi connectivity index (χ0n) is 14.9. The first-order valence-electron chi connectivity index (χ1n) is 8.28. The summed E-state index contributed by atoms with van der Waals surface area (Å²) < 4.78 is 45.1. The summed E-state index contributed by atoms with van der Waals surface area (Å²) in [5, 5.41) is 2.14. The molecule has 2 rings (SSSR count). The second-order valence-corrected chi connectivity index (χ2v) is 5.81. The van der Waals surface area contributed by atoms with Crippen LogP contribution in [0.25, 0.3) is 6.08 Å². The van der Waals surface area contributed by atoms with Crippen LogP contribution in [0.15, 0.2) is 34.8 Å². The summed E-state index contributed by atoms with van der Waals surface area (Å²) >= 11 is 0. The molecule has 0 aliphatic carbocycles. The Morgan fingerprint density at radius 3 is 2.52 bits per heavy atom. The fourth-order valence-electron chi connectivity index (χ4n) is 2.32. The molecule has 0 aliphatic heterocycles. The maximum atomic E-state index is 13.6. The van der Waals surface area contributed by atoms with Crippen molar-refractivity contribution < 1.29 is 27.2 Å². The zero-order chi connectivity index (χ0) is 20.0. The van der Waals surface area contributed by atoms with Crippen LogP contribution in [-0.4, -0.2) is 29.8 Å². The Labute approximate surface area is 154 Å². The van der Waals surface area contributed by atoms with Gasteiger partial charge in [-0.3, -0.25) is 9.59 Å². The van der Waals surface area contributed by atoms with Gasteiger partial charge >= 0.3 is 0 Å². The zero-order valence-corrected chi connectivity index (χ0v) is 14.9. The van der Waals surface area contributed by atoms with Gasteiger partial charge in [0, 0.05) is 12.6 Å². The van der Waals surface area contributed by atoms with Crippen LogP contribution in [0.3, 0.4) is 0 Å². The summed E-state index contributed by atoms with van der Waals surface area (Å²) in [6.07, 6.45) is 3.33. The van der Waals surface area contributed by atoms with Crippen LogP contribution >= 0.6 is 0 Å². The lowest BCUT2D eigenvalue weighted by Gasteiger charge is -2.20. The molecule has 0 saturated heterocycles. The van der Waals surface area contributed by atoms with E-state index in [1.165, 1.54) is 17.1 Å². The number of hydrogen-bond donors (Lipinski definition) is 1. The molecular weight excluding hydrogens is 361 g/mol. The second kappa shape index (κ2) is 9.07. The van der Waals surface area contributed by atoms with Gasteiger partial charge < -0.3 is 14.6 Å². The van der Waals surface area contributed by atoms with Crippen LogP contribution in [0.2, 0.25) is 0 Å². The van der Waals surface area contributed by atoms with Gasteiger partial charge in [0.1, 0.15) is 18.1 Å². The largest absolute Gasteiger partial charge is 0.462 e. The van der Waals surface area contributed by atoms with E-state index < -0.39 is 35.0 Å². The quantitative estimate of drug-likeness (QED) is 0.585. The van der Waals surface area contributed by atoms with Crippen molar-refractivity contribution in [1.29, 1.82) is 0 Å². The van der Waals surface area contributed by atoms with E-state index in [4.69, 9.17) is 4.42 Å². The Bertz CT molecular complexity index is 862. The minimum absolute atomic E-state index is 0.286. The lowest BCUT2D eigenvalue weighted by atomic mass is 10.2. The fraction of sp³-hybridized carbons (Fsp3) is 0.263. The number of carbonyl (C=O) groups is 2. The van der Waals surface area contributed by atoms with Crippen molar-refractivity contribution >= 4 is 23.6 Å². The van der Waals surface area contributed by atoms with E-state index in [2.05, 4.69) is 5.32 Å². The van der Waals surface area contributed by atoms with Gasteiger partial charge in [0.2, 0.25) is 11.8 Å². The third kappa shape index (κ3) is 5.47. The molecule has 0 saturated carbocycles. The van der Waals surface area contributed by atoms with Crippen molar-refractivity contribution in [1.82, 2.24) is 4.90 Å². The minimum Gasteiger partial charge on any atom is -0.462 e. The molecule has 2 amide bonds. The highest BCUT2D eigenvalue weighted by Gasteiger charge is 2.18. The number of benzene rings is 1. The first-order chi connectivity index (χ1) is 12.8. The number of amides is 2. The number of nitrogens with zero attached hydrogens (tertiary/aromatic N) is 1. The van der Waals surface area contributed by atoms with Gasteiger partial charge in [-0.05, 0) is 43.7 Å². The van der Waals surface area contributed by atoms with Gasteiger partial charge in [0.25, 0.3) is 0 Å². The van der Waals surface area contributed by atoms with E-state index in [-0.39, 0.29) is 13.1 Å². The van der Waals surface area contributed by atoms with Gasteiger partial charge in [0.05, 0.1) is 5.69 Å². The molecule has 0 bridgehead atoms. The molecule has 0 spiro atoms. The Morgan fingerprint density at radius 2 is 1.89 bits per heavy atom. The van der Waals surface area contributed by atoms with E-state index in [9.17, 15) is 22.8 Å². The highest BCUT2D eigenvalue weighted by Crippen LogP contribution is 2.19. The highest BCUT2D eigenvalue weighted by molar-refractivity contribution is 5.98. The third-order valence-electron chi connectivity index (χ3n) is 3.60. The first-order valence-corrected chi connectivity index (χ1v) is 8.28. The molecule has 0 fully saturated rings. The molecule has 144 valence electrons. The molecular formula is C19H19F3N2O3. The number of halogens is 3. The number of aryl methyl sites for hydroxylation is 1. The van der Waals surface area contributed by atoms with Crippen molar-refractivity contribution in [3.05, 3.63) is 59.3 Å². The number of carbonyl (C=O) groups excluding carboxylic acids is 2. The molecule has 0 aliphatic rings. The van der Waals surface area contributed by atoms with Crippen molar-refractivity contribution in [2.24, 2.45) is 0 Å². The number of hydrogen-bond acceptors (Lipinski definition) is 3. The summed E-state index contributed by atoms with van der Waals surface area (Å²) in [5.74, 6) is -4.51. The molecule has 5 nitrogen and oxygen atoms in total. The number of rotatable bonds is 7. The van der Waals surface area contributed by atoms with E-state index in [1.807, 2.05) is 6.92 Å². The van der Waals surface area contributed by atoms with E-state index in [0.717, 1.165) is 6.07 Å². The minimum atomic E-state index is -1.68. The molecule has 1 N–H and O–H groups in total. The number of nitrogens with one attached hydrogen (secondary N) is 1. The van der Waals surface area contributed by atoms with Crippen LogP contribution < -0.4 is 5.32 Å². The van der Waals surface area contributed by atoms with E-state index in [1.54, 1.807) is 19.1 Å². The maximum Gasteiger partial charge on any atom is 0.247 e. The Hall–Kier alpha value is -3.03. The molecule has 1 aromatic carbocycles.